The highest BCUT2D eigenvalue weighted by Gasteiger charge is 2.13. The van der Waals surface area contributed by atoms with Crippen LogP contribution in [0.25, 0.3) is 6.08 Å². The van der Waals surface area contributed by atoms with Gasteiger partial charge in [0.25, 0.3) is 0 Å². The first-order chi connectivity index (χ1) is 13.2. The lowest BCUT2D eigenvalue weighted by Gasteiger charge is -2.15. The Morgan fingerprint density at radius 3 is 2.33 bits per heavy atom. The molecule has 0 heterocycles. The van der Waals surface area contributed by atoms with Gasteiger partial charge >= 0.3 is 5.97 Å². The molecule has 0 saturated heterocycles. The van der Waals surface area contributed by atoms with Crippen LogP contribution in [0.15, 0.2) is 91.0 Å². The van der Waals surface area contributed by atoms with Crippen molar-refractivity contribution in [1.82, 2.24) is 0 Å². The van der Waals surface area contributed by atoms with Gasteiger partial charge in [0, 0.05) is 0 Å². The summed E-state index contributed by atoms with van der Waals surface area (Å²) in [7, 11) is 0. The Balaban J connectivity index is 1.71. The van der Waals surface area contributed by atoms with Crippen LogP contribution in [0.3, 0.4) is 0 Å². The number of carbonyl (C=O) groups excluding carboxylic acids is 1. The SMILES string of the molecule is Cc1cccc(CC[C@H](/C=C/c2ccccc2)OC(=O)c2ccccc2)c1. The highest BCUT2D eigenvalue weighted by atomic mass is 16.5. The van der Waals surface area contributed by atoms with E-state index in [0.29, 0.717) is 5.56 Å². The summed E-state index contributed by atoms with van der Waals surface area (Å²) in [6.07, 6.45) is 5.31. The van der Waals surface area contributed by atoms with Gasteiger partial charge in [0.15, 0.2) is 0 Å². The summed E-state index contributed by atoms with van der Waals surface area (Å²) >= 11 is 0. The molecule has 3 aromatic carbocycles. The van der Waals surface area contributed by atoms with Crippen molar-refractivity contribution in [3.05, 3.63) is 113 Å². The van der Waals surface area contributed by atoms with E-state index in [1.165, 1.54) is 11.1 Å². The van der Waals surface area contributed by atoms with Crippen LogP contribution in [-0.4, -0.2) is 12.1 Å². The number of hydrogen-bond acceptors (Lipinski definition) is 2. The van der Waals surface area contributed by atoms with E-state index in [-0.39, 0.29) is 12.1 Å². The fourth-order valence-electron chi connectivity index (χ4n) is 2.93. The summed E-state index contributed by atoms with van der Waals surface area (Å²) in [4.78, 5) is 12.5. The van der Waals surface area contributed by atoms with E-state index < -0.39 is 0 Å². The van der Waals surface area contributed by atoms with Crippen LogP contribution in [0, 0.1) is 6.92 Å². The van der Waals surface area contributed by atoms with E-state index in [0.717, 1.165) is 18.4 Å². The number of hydrogen-bond donors (Lipinski definition) is 0. The Morgan fingerprint density at radius 1 is 0.926 bits per heavy atom. The van der Waals surface area contributed by atoms with Crippen molar-refractivity contribution in [1.29, 1.82) is 0 Å². The summed E-state index contributed by atoms with van der Waals surface area (Å²) < 4.78 is 5.78. The zero-order valence-electron chi connectivity index (χ0n) is 15.5. The molecule has 3 rings (SSSR count). The van der Waals surface area contributed by atoms with Gasteiger partial charge in [-0.2, -0.15) is 0 Å². The Hall–Kier alpha value is -3.13. The molecule has 2 heteroatoms. The molecule has 2 nitrogen and oxygen atoms in total. The van der Waals surface area contributed by atoms with Gasteiger partial charge in [-0.3, -0.25) is 0 Å². The lowest BCUT2D eigenvalue weighted by atomic mass is 10.0. The fraction of sp³-hybridized carbons (Fsp3) is 0.160. The molecular formula is C25H24O2. The molecule has 3 aromatic rings. The zero-order chi connectivity index (χ0) is 18.9. The van der Waals surface area contributed by atoms with Crippen molar-refractivity contribution < 1.29 is 9.53 Å². The minimum absolute atomic E-state index is 0.279. The number of esters is 1. The van der Waals surface area contributed by atoms with E-state index in [4.69, 9.17) is 4.74 Å². The van der Waals surface area contributed by atoms with Crippen molar-refractivity contribution in [2.75, 3.05) is 0 Å². The molecule has 0 N–H and O–H groups in total. The fourth-order valence-corrected chi connectivity index (χ4v) is 2.93. The van der Waals surface area contributed by atoms with Crippen LogP contribution in [0.5, 0.6) is 0 Å². The first-order valence-electron chi connectivity index (χ1n) is 9.25. The van der Waals surface area contributed by atoms with E-state index >= 15 is 0 Å². The molecule has 0 saturated carbocycles. The molecule has 0 aromatic heterocycles. The minimum atomic E-state index is -0.289. The van der Waals surface area contributed by atoms with Crippen LogP contribution in [0.2, 0.25) is 0 Å². The number of aryl methyl sites for hydroxylation is 2. The molecule has 0 radical (unpaired) electrons. The maximum atomic E-state index is 12.5. The van der Waals surface area contributed by atoms with Crippen LogP contribution in [0.4, 0.5) is 0 Å². The average Bonchev–Trinajstić information content (AvgIpc) is 2.71. The van der Waals surface area contributed by atoms with Gasteiger partial charge in [0.05, 0.1) is 5.56 Å². The standard InChI is InChI=1S/C25H24O2/c1-20-9-8-12-22(19-20)16-18-24(17-15-21-10-4-2-5-11-21)27-25(26)23-13-6-3-7-14-23/h2-15,17,19,24H,16,18H2,1H3/b17-15+/t24-/m0/s1. The highest BCUT2D eigenvalue weighted by molar-refractivity contribution is 5.89. The Kier molecular flexibility index (Phi) is 6.59. The lowest BCUT2D eigenvalue weighted by molar-refractivity contribution is 0.0382. The third kappa shape index (κ3) is 5.96. The van der Waals surface area contributed by atoms with Gasteiger partial charge < -0.3 is 4.74 Å². The van der Waals surface area contributed by atoms with E-state index in [1.54, 1.807) is 12.1 Å². The van der Waals surface area contributed by atoms with Crippen LogP contribution in [0.1, 0.15) is 33.5 Å². The molecule has 0 aliphatic rings. The second-order valence-corrected chi connectivity index (χ2v) is 6.61. The summed E-state index contributed by atoms with van der Waals surface area (Å²) in [5.74, 6) is -0.289. The molecule has 136 valence electrons. The average molecular weight is 356 g/mol. The zero-order valence-corrected chi connectivity index (χ0v) is 15.5. The monoisotopic (exact) mass is 356 g/mol. The van der Waals surface area contributed by atoms with Gasteiger partial charge in [0.2, 0.25) is 0 Å². The van der Waals surface area contributed by atoms with E-state index in [1.807, 2.05) is 60.7 Å². The molecule has 0 aliphatic carbocycles. The van der Waals surface area contributed by atoms with Crippen LogP contribution in [-0.2, 0) is 11.2 Å². The lowest BCUT2D eigenvalue weighted by Crippen LogP contribution is -2.17. The molecule has 27 heavy (non-hydrogen) atoms. The van der Waals surface area contributed by atoms with Crippen molar-refractivity contribution in [2.45, 2.75) is 25.9 Å². The smallest absolute Gasteiger partial charge is 0.338 e. The summed E-state index contributed by atoms with van der Waals surface area (Å²) in [5, 5.41) is 0. The van der Waals surface area contributed by atoms with Crippen molar-refractivity contribution in [2.24, 2.45) is 0 Å². The maximum absolute atomic E-state index is 12.5. The van der Waals surface area contributed by atoms with Gasteiger partial charge in [-0.25, -0.2) is 4.79 Å². The first-order valence-corrected chi connectivity index (χ1v) is 9.25. The van der Waals surface area contributed by atoms with Gasteiger partial charge in [-0.1, -0.05) is 84.4 Å². The summed E-state index contributed by atoms with van der Waals surface area (Å²) in [6.45, 7) is 2.09. The normalized spacial score (nSPS) is 12.0. The van der Waals surface area contributed by atoms with Crippen molar-refractivity contribution in [3.8, 4) is 0 Å². The third-order valence-electron chi connectivity index (χ3n) is 4.37. The third-order valence-corrected chi connectivity index (χ3v) is 4.37. The van der Waals surface area contributed by atoms with Gasteiger partial charge in [-0.05, 0) is 49.1 Å². The largest absolute Gasteiger partial charge is 0.455 e. The minimum Gasteiger partial charge on any atom is -0.455 e. The summed E-state index contributed by atoms with van der Waals surface area (Å²) in [6, 6.07) is 27.6. The molecule has 0 bridgehead atoms. The molecule has 0 spiro atoms. The predicted octanol–water partition coefficient (Wildman–Crippen LogP) is 5.87. The maximum Gasteiger partial charge on any atom is 0.338 e. The summed E-state index contributed by atoms with van der Waals surface area (Å²) in [5.41, 5.74) is 4.16. The first kappa shape index (κ1) is 18.7. The molecular weight excluding hydrogens is 332 g/mol. The van der Waals surface area contributed by atoms with Crippen LogP contribution < -0.4 is 0 Å². The second kappa shape index (κ2) is 9.54. The molecule has 0 fully saturated rings. The number of benzene rings is 3. The second-order valence-electron chi connectivity index (χ2n) is 6.61. The van der Waals surface area contributed by atoms with Gasteiger partial charge in [0.1, 0.15) is 6.10 Å². The van der Waals surface area contributed by atoms with E-state index in [9.17, 15) is 4.79 Å². The van der Waals surface area contributed by atoms with Crippen LogP contribution >= 0.6 is 0 Å². The highest BCUT2D eigenvalue weighted by Crippen LogP contribution is 2.14. The van der Waals surface area contributed by atoms with Crippen molar-refractivity contribution >= 4 is 12.0 Å². The Bertz CT molecular complexity index is 882. The Labute approximate surface area is 161 Å². The van der Waals surface area contributed by atoms with Crippen molar-refractivity contribution in [3.63, 3.8) is 0 Å². The topological polar surface area (TPSA) is 26.3 Å². The predicted molar refractivity (Wildman–Crippen MR) is 111 cm³/mol. The molecule has 1 atom stereocenters. The molecule has 0 unspecified atom stereocenters. The molecule has 0 aliphatic heterocycles. The van der Waals surface area contributed by atoms with E-state index in [2.05, 4.69) is 31.2 Å². The number of carbonyl (C=O) groups is 1. The molecule has 0 amide bonds. The number of rotatable bonds is 7. The quantitative estimate of drug-likeness (QED) is 0.495. The number of ether oxygens (including phenoxy) is 1. The van der Waals surface area contributed by atoms with Gasteiger partial charge in [-0.15, -0.1) is 0 Å². The Morgan fingerprint density at radius 2 is 1.63 bits per heavy atom.